The predicted molar refractivity (Wildman–Crippen MR) is 112 cm³/mol. The maximum Gasteiger partial charge on any atom is 0.271 e. The Labute approximate surface area is 177 Å². The molecule has 0 fully saturated rings. The van der Waals surface area contributed by atoms with Gasteiger partial charge in [-0.15, -0.1) is 0 Å². The van der Waals surface area contributed by atoms with Crippen molar-refractivity contribution in [2.45, 2.75) is 6.54 Å². The summed E-state index contributed by atoms with van der Waals surface area (Å²) in [4.78, 5) is 14.9. The van der Waals surface area contributed by atoms with Crippen LogP contribution in [-0.4, -0.2) is 24.6 Å². The van der Waals surface area contributed by atoms with E-state index in [-0.39, 0.29) is 12.2 Å². The number of ether oxygens (including phenoxy) is 1. The van der Waals surface area contributed by atoms with Crippen LogP contribution in [0.5, 0.6) is 11.5 Å². The maximum absolute atomic E-state index is 11.2. The molecule has 0 aliphatic rings. The van der Waals surface area contributed by atoms with Crippen LogP contribution in [0, 0.1) is 10.1 Å². The Morgan fingerprint density at radius 1 is 1.14 bits per heavy atom. The van der Waals surface area contributed by atoms with Gasteiger partial charge < -0.3 is 4.74 Å². The molecule has 0 saturated heterocycles. The summed E-state index contributed by atoms with van der Waals surface area (Å²) >= 11 is 6.58. The summed E-state index contributed by atoms with van der Waals surface area (Å²) in [5, 5.41) is 11.7. The van der Waals surface area contributed by atoms with Gasteiger partial charge in [0.05, 0.1) is 37.9 Å². The zero-order valence-electron chi connectivity index (χ0n) is 14.3. The first-order valence-electron chi connectivity index (χ1n) is 7.78. The molecule has 1 aromatic heterocycles. The van der Waals surface area contributed by atoms with Gasteiger partial charge >= 0.3 is 0 Å². The van der Waals surface area contributed by atoms with Crippen molar-refractivity contribution < 1.29 is 18.1 Å². The van der Waals surface area contributed by atoms with Crippen molar-refractivity contribution in [3.05, 3.63) is 67.2 Å². The van der Waals surface area contributed by atoms with Gasteiger partial charge in [0.2, 0.25) is 10.0 Å². The summed E-state index contributed by atoms with van der Waals surface area (Å²) < 4.78 is 31.5. The Kier molecular flexibility index (Phi) is 5.98. The van der Waals surface area contributed by atoms with E-state index in [1.807, 2.05) is 6.07 Å². The van der Waals surface area contributed by atoms with E-state index in [1.54, 1.807) is 24.3 Å². The van der Waals surface area contributed by atoms with Crippen LogP contribution in [0.2, 0.25) is 0 Å². The number of sulfonamides is 1. The van der Waals surface area contributed by atoms with E-state index in [0.717, 1.165) is 11.6 Å². The van der Waals surface area contributed by atoms with Crippen molar-refractivity contribution in [1.82, 2.24) is 9.71 Å². The fourth-order valence-corrected chi connectivity index (χ4v) is 4.11. The first-order valence-corrected chi connectivity index (χ1v) is 11.3. The van der Waals surface area contributed by atoms with E-state index in [2.05, 4.69) is 41.6 Å². The first-order chi connectivity index (χ1) is 13.1. The summed E-state index contributed by atoms with van der Waals surface area (Å²) in [5.41, 5.74) is 1.21. The Morgan fingerprint density at radius 2 is 1.82 bits per heavy atom. The van der Waals surface area contributed by atoms with E-state index in [4.69, 9.17) is 4.74 Å². The van der Waals surface area contributed by atoms with Crippen LogP contribution in [0.3, 0.4) is 0 Å². The molecule has 0 aliphatic heterocycles. The lowest BCUT2D eigenvalue weighted by Crippen LogP contribution is -2.21. The Morgan fingerprint density at radius 3 is 2.43 bits per heavy atom. The number of halogens is 2. The number of nitro benzene ring substituents is 1. The highest BCUT2D eigenvalue weighted by molar-refractivity contribution is 9.11. The van der Waals surface area contributed by atoms with Crippen LogP contribution >= 0.6 is 31.9 Å². The molecule has 0 unspecified atom stereocenters. The first kappa shape index (κ1) is 20.6. The van der Waals surface area contributed by atoms with Gasteiger partial charge in [-0.25, -0.2) is 13.1 Å². The SMILES string of the molecule is CS(=O)(=O)NCc1ccc2cc(Oc3c(Br)cc([N+](=O)[O-])cc3Br)ccc2n1. The molecular formula is C17H13Br2N3O5S. The molecule has 0 atom stereocenters. The van der Waals surface area contributed by atoms with E-state index >= 15 is 0 Å². The van der Waals surface area contributed by atoms with Gasteiger partial charge in [0.1, 0.15) is 5.75 Å². The van der Waals surface area contributed by atoms with Crippen LogP contribution in [0.15, 0.2) is 51.4 Å². The summed E-state index contributed by atoms with van der Waals surface area (Å²) in [6, 6.07) is 11.5. The average Bonchev–Trinajstić information content (AvgIpc) is 2.62. The number of pyridine rings is 1. The van der Waals surface area contributed by atoms with Crippen molar-refractivity contribution in [1.29, 1.82) is 0 Å². The van der Waals surface area contributed by atoms with Crippen LogP contribution in [-0.2, 0) is 16.6 Å². The third-order valence-electron chi connectivity index (χ3n) is 3.65. The number of hydrogen-bond acceptors (Lipinski definition) is 6. The number of benzene rings is 2. The molecule has 1 heterocycles. The molecule has 11 heteroatoms. The quantitative estimate of drug-likeness (QED) is 0.370. The number of nitrogens with one attached hydrogen (secondary N) is 1. The van der Waals surface area contributed by atoms with Crippen molar-refractivity contribution in [2.24, 2.45) is 0 Å². The van der Waals surface area contributed by atoms with Crippen molar-refractivity contribution in [3.8, 4) is 11.5 Å². The summed E-state index contributed by atoms with van der Waals surface area (Å²) in [5.74, 6) is 0.929. The van der Waals surface area contributed by atoms with Crippen LogP contribution in [0.4, 0.5) is 5.69 Å². The molecule has 0 aliphatic carbocycles. The fraction of sp³-hybridized carbons (Fsp3) is 0.118. The second kappa shape index (κ2) is 8.11. The van der Waals surface area contributed by atoms with Crippen LogP contribution < -0.4 is 9.46 Å². The van der Waals surface area contributed by atoms with Gasteiger partial charge in [-0.1, -0.05) is 6.07 Å². The highest BCUT2D eigenvalue weighted by Crippen LogP contribution is 2.40. The minimum Gasteiger partial charge on any atom is -0.455 e. The van der Waals surface area contributed by atoms with Crippen molar-refractivity contribution >= 4 is 58.5 Å². The lowest BCUT2D eigenvalue weighted by atomic mass is 10.2. The predicted octanol–water partition coefficient (Wildman–Crippen LogP) is 4.51. The molecule has 3 aromatic rings. The van der Waals surface area contributed by atoms with Crippen molar-refractivity contribution in [3.63, 3.8) is 0 Å². The zero-order valence-corrected chi connectivity index (χ0v) is 18.3. The molecule has 0 saturated carbocycles. The van der Waals surface area contributed by atoms with Crippen LogP contribution in [0.1, 0.15) is 5.69 Å². The monoisotopic (exact) mass is 529 g/mol. The minimum atomic E-state index is -3.29. The molecular weight excluding hydrogens is 518 g/mol. The molecule has 2 aromatic carbocycles. The third kappa shape index (κ3) is 5.04. The molecule has 0 bridgehead atoms. The topological polar surface area (TPSA) is 111 Å². The highest BCUT2D eigenvalue weighted by atomic mass is 79.9. The zero-order chi connectivity index (χ0) is 20.5. The number of fused-ring (bicyclic) bond motifs is 1. The van der Waals surface area contributed by atoms with Gasteiger partial charge in [0, 0.05) is 17.5 Å². The van der Waals surface area contributed by atoms with E-state index in [1.165, 1.54) is 12.1 Å². The van der Waals surface area contributed by atoms with Gasteiger partial charge in [0.15, 0.2) is 5.75 Å². The molecule has 8 nitrogen and oxygen atoms in total. The second-order valence-corrected chi connectivity index (χ2v) is 9.39. The van der Waals surface area contributed by atoms with E-state index < -0.39 is 14.9 Å². The van der Waals surface area contributed by atoms with Gasteiger partial charge in [0.25, 0.3) is 5.69 Å². The lowest BCUT2D eigenvalue weighted by molar-refractivity contribution is -0.385. The molecule has 0 spiro atoms. The lowest BCUT2D eigenvalue weighted by Gasteiger charge is -2.11. The normalized spacial score (nSPS) is 11.5. The number of nitrogens with zero attached hydrogens (tertiary/aromatic N) is 2. The fourth-order valence-electron chi connectivity index (χ4n) is 2.38. The minimum absolute atomic E-state index is 0.0657. The number of rotatable bonds is 6. The maximum atomic E-state index is 11.2. The number of nitro groups is 1. The molecule has 28 heavy (non-hydrogen) atoms. The van der Waals surface area contributed by atoms with Crippen LogP contribution in [0.25, 0.3) is 10.9 Å². The van der Waals surface area contributed by atoms with E-state index in [9.17, 15) is 18.5 Å². The Hall–Kier alpha value is -2.08. The molecule has 1 N–H and O–H groups in total. The third-order valence-corrected chi connectivity index (χ3v) is 5.49. The highest BCUT2D eigenvalue weighted by Gasteiger charge is 2.16. The Bertz CT molecular complexity index is 1160. The second-order valence-electron chi connectivity index (χ2n) is 5.85. The average molecular weight is 531 g/mol. The van der Waals surface area contributed by atoms with Gasteiger partial charge in [-0.2, -0.15) is 0 Å². The number of hydrogen-bond donors (Lipinski definition) is 1. The summed E-state index contributed by atoms with van der Waals surface area (Å²) in [6.07, 6.45) is 1.09. The molecule has 146 valence electrons. The summed E-state index contributed by atoms with van der Waals surface area (Å²) in [7, 11) is -3.29. The number of non-ortho nitro benzene ring substituents is 1. The van der Waals surface area contributed by atoms with Crippen molar-refractivity contribution in [2.75, 3.05) is 6.26 Å². The van der Waals surface area contributed by atoms with Gasteiger partial charge in [-0.3, -0.25) is 15.1 Å². The standard InChI is InChI=1S/C17H13Br2N3O5S/c1-28(25,26)20-9-11-3-2-10-6-13(4-5-16(10)21-11)27-17-14(18)7-12(22(23)24)8-15(17)19/h2-8,20H,9H2,1H3. The number of aromatic nitrogens is 1. The van der Waals surface area contributed by atoms with Gasteiger partial charge in [-0.05, 0) is 56.1 Å². The summed E-state index contributed by atoms with van der Waals surface area (Å²) in [6.45, 7) is 0.107. The molecule has 3 rings (SSSR count). The Balaban J connectivity index is 1.86. The molecule has 0 amide bonds. The molecule has 0 radical (unpaired) electrons. The smallest absolute Gasteiger partial charge is 0.271 e. The van der Waals surface area contributed by atoms with E-state index in [0.29, 0.717) is 31.7 Å². The largest absolute Gasteiger partial charge is 0.455 e.